The molecular weight excluding hydrogens is 390 g/mol. The molecule has 1 aromatic carbocycles. The maximum Gasteiger partial charge on any atom is 0.137 e. The van der Waals surface area contributed by atoms with Gasteiger partial charge in [-0.05, 0) is 25.1 Å². The Morgan fingerprint density at radius 1 is 1.13 bits per heavy atom. The third-order valence-electron chi connectivity index (χ3n) is 5.79. The maximum atomic E-state index is 14.7. The summed E-state index contributed by atoms with van der Waals surface area (Å²) in [6, 6.07) is 8.61. The van der Waals surface area contributed by atoms with Crippen molar-refractivity contribution in [2.45, 2.75) is 25.1 Å². The standard InChI is InChI=1S/C21H24F2N6O/c1-16(27-8-10-28(11-9-27)20-4-2-3-7-25-20)21(30,13-29-15-24-14-26-29)18-6-5-17(22)12-19(18)23/h2-7,12,14-16,30H,8-11,13H2,1H3/t16-,21-/m1/s1. The third-order valence-corrected chi connectivity index (χ3v) is 5.79. The predicted octanol–water partition coefficient (Wildman–Crippen LogP) is 2.05. The van der Waals surface area contributed by atoms with E-state index in [1.54, 1.807) is 6.20 Å². The van der Waals surface area contributed by atoms with Gasteiger partial charge in [0.25, 0.3) is 0 Å². The van der Waals surface area contributed by atoms with Crippen molar-refractivity contribution in [3.05, 3.63) is 72.4 Å². The molecule has 4 rings (SSSR count). The van der Waals surface area contributed by atoms with Crippen LogP contribution in [0.3, 0.4) is 0 Å². The molecule has 0 unspecified atom stereocenters. The second kappa shape index (κ2) is 8.45. The van der Waals surface area contributed by atoms with Gasteiger partial charge in [0.05, 0.1) is 6.54 Å². The van der Waals surface area contributed by atoms with Crippen molar-refractivity contribution in [1.82, 2.24) is 24.6 Å². The molecule has 0 spiro atoms. The number of hydrogen-bond donors (Lipinski definition) is 1. The minimum atomic E-state index is -1.63. The molecule has 9 heteroatoms. The first-order valence-electron chi connectivity index (χ1n) is 9.88. The molecular formula is C21H24F2N6O. The van der Waals surface area contributed by atoms with E-state index in [9.17, 15) is 13.9 Å². The van der Waals surface area contributed by atoms with E-state index >= 15 is 0 Å². The average Bonchev–Trinajstić information content (AvgIpc) is 3.26. The van der Waals surface area contributed by atoms with Gasteiger partial charge in [-0.1, -0.05) is 12.1 Å². The van der Waals surface area contributed by atoms with E-state index < -0.39 is 23.3 Å². The molecule has 0 saturated carbocycles. The van der Waals surface area contributed by atoms with Gasteiger partial charge in [0.15, 0.2) is 0 Å². The number of pyridine rings is 1. The molecule has 1 aliphatic rings. The van der Waals surface area contributed by atoms with Gasteiger partial charge in [-0.15, -0.1) is 0 Å². The van der Waals surface area contributed by atoms with Crippen molar-refractivity contribution < 1.29 is 13.9 Å². The van der Waals surface area contributed by atoms with E-state index in [2.05, 4.69) is 24.9 Å². The highest BCUT2D eigenvalue weighted by molar-refractivity contribution is 5.38. The van der Waals surface area contributed by atoms with Gasteiger partial charge in [-0.25, -0.2) is 23.4 Å². The molecule has 1 fully saturated rings. The topological polar surface area (TPSA) is 70.3 Å². The Kier molecular flexibility index (Phi) is 5.74. The second-order valence-electron chi connectivity index (χ2n) is 7.53. The van der Waals surface area contributed by atoms with Gasteiger partial charge in [0, 0.05) is 50.0 Å². The fourth-order valence-electron chi connectivity index (χ4n) is 4.03. The highest BCUT2D eigenvalue weighted by atomic mass is 19.1. The highest BCUT2D eigenvalue weighted by Gasteiger charge is 2.42. The van der Waals surface area contributed by atoms with E-state index in [1.807, 2.05) is 25.1 Å². The number of rotatable bonds is 6. The van der Waals surface area contributed by atoms with Crippen LogP contribution in [0.5, 0.6) is 0 Å². The molecule has 7 nitrogen and oxygen atoms in total. The first kappa shape index (κ1) is 20.4. The molecule has 1 N–H and O–H groups in total. The Morgan fingerprint density at radius 3 is 2.57 bits per heavy atom. The number of hydrogen-bond acceptors (Lipinski definition) is 6. The van der Waals surface area contributed by atoms with Gasteiger partial charge in [-0.2, -0.15) is 5.10 Å². The zero-order valence-electron chi connectivity index (χ0n) is 16.7. The lowest BCUT2D eigenvalue weighted by Crippen LogP contribution is -2.57. The Labute approximate surface area is 173 Å². The Bertz CT molecular complexity index is 963. The van der Waals surface area contributed by atoms with Crippen LogP contribution in [0.25, 0.3) is 0 Å². The van der Waals surface area contributed by atoms with Crippen LogP contribution < -0.4 is 4.90 Å². The molecule has 3 heterocycles. The minimum Gasteiger partial charge on any atom is -0.381 e. The van der Waals surface area contributed by atoms with Crippen molar-refractivity contribution >= 4 is 5.82 Å². The van der Waals surface area contributed by atoms with E-state index in [4.69, 9.17) is 0 Å². The number of anilines is 1. The third kappa shape index (κ3) is 4.03. The summed E-state index contributed by atoms with van der Waals surface area (Å²) >= 11 is 0. The van der Waals surface area contributed by atoms with Crippen molar-refractivity contribution in [3.8, 4) is 0 Å². The maximum absolute atomic E-state index is 14.7. The van der Waals surface area contributed by atoms with Crippen LogP contribution in [-0.4, -0.2) is 62.0 Å². The number of aliphatic hydroxyl groups is 1. The first-order chi connectivity index (χ1) is 14.5. The zero-order valence-corrected chi connectivity index (χ0v) is 16.7. The fourth-order valence-corrected chi connectivity index (χ4v) is 4.03. The monoisotopic (exact) mass is 414 g/mol. The number of piperazine rings is 1. The van der Waals surface area contributed by atoms with Crippen molar-refractivity contribution in [2.24, 2.45) is 0 Å². The summed E-state index contributed by atoms with van der Waals surface area (Å²) in [5, 5.41) is 15.8. The zero-order chi connectivity index (χ0) is 21.1. The summed E-state index contributed by atoms with van der Waals surface area (Å²) in [4.78, 5) is 12.6. The van der Waals surface area contributed by atoms with Gasteiger partial charge in [0.2, 0.25) is 0 Å². The molecule has 158 valence electrons. The normalized spacial score (nSPS) is 18.2. The number of nitrogens with zero attached hydrogens (tertiary/aromatic N) is 6. The molecule has 2 atom stereocenters. The highest BCUT2D eigenvalue weighted by Crippen LogP contribution is 2.33. The number of aromatic nitrogens is 4. The van der Waals surface area contributed by atoms with Crippen LogP contribution in [0.2, 0.25) is 0 Å². The first-order valence-corrected chi connectivity index (χ1v) is 9.88. The van der Waals surface area contributed by atoms with Crippen molar-refractivity contribution in [2.75, 3.05) is 31.1 Å². The Hall–Kier alpha value is -2.91. The SMILES string of the molecule is C[C@@H](N1CCN(c2ccccn2)CC1)[C@](O)(Cn1cncn1)c1ccc(F)cc1F. The van der Waals surface area contributed by atoms with E-state index in [0.717, 1.165) is 31.0 Å². The Morgan fingerprint density at radius 2 is 1.93 bits per heavy atom. The fraction of sp³-hybridized carbons (Fsp3) is 0.381. The Balaban J connectivity index is 1.58. The number of benzene rings is 1. The van der Waals surface area contributed by atoms with Crippen LogP contribution in [0.1, 0.15) is 12.5 Å². The van der Waals surface area contributed by atoms with E-state index in [0.29, 0.717) is 13.1 Å². The molecule has 1 aliphatic heterocycles. The molecule has 0 aliphatic carbocycles. The number of halogens is 2. The summed E-state index contributed by atoms with van der Waals surface area (Å²) in [6.45, 7) is 4.65. The smallest absolute Gasteiger partial charge is 0.137 e. The summed E-state index contributed by atoms with van der Waals surface area (Å²) in [5.41, 5.74) is -1.59. The lowest BCUT2D eigenvalue weighted by Gasteiger charge is -2.45. The molecule has 0 amide bonds. The minimum absolute atomic E-state index is 0.00280. The molecule has 2 aromatic heterocycles. The lowest BCUT2D eigenvalue weighted by atomic mass is 9.85. The van der Waals surface area contributed by atoms with Crippen molar-refractivity contribution in [3.63, 3.8) is 0 Å². The van der Waals surface area contributed by atoms with Crippen LogP contribution in [0.15, 0.2) is 55.2 Å². The van der Waals surface area contributed by atoms with Crippen LogP contribution in [-0.2, 0) is 12.1 Å². The molecule has 0 radical (unpaired) electrons. The van der Waals surface area contributed by atoms with Gasteiger partial charge >= 0.3 is 0 Å². The van der Waals surface area contributed by atoms with Gasteiger partial charge < -0.3 is 10.0 Å². The summed E-state index contributed by atoms with van der Waals surface area (Å²) in [6.07, 6.45) is 4.59. The quantitative estimate of drug-likeness (QED) is 0.666. The van der Waals surface area contributed by atoms with Gasteiger partial charge in [0.1, 0.15) is 35.7 Å². The largest absolute Gasteiger partial charge is 0.381 e. The van der Waals surface area contributed by atoms with Crippen LogP contribution in [0.4, 0.5) is 14.6 Å². The van der Waals surface area contributed by atoms with Crippen LogP contribution in [0, 0.1) is 11.6 Å². The van der Waals surface area contributed by atoms with Gasteiger partial charge in [-0.3, -0.25) is 4.90 Å². The van der Waals surface area contributed by atoms with Crippen molar-refractivity contribution in [1.29, 1.82) is 0 Å². The molecule has 3 aromatic rings. The molecule has 0 bridgehead atoms. The van der Waals surface area contributed by atoms with E-state index in [-0.39, 0.29) is 12.1 Å². The molecule has 1 saturated heterocycles. The second-order valence-corrected chi connectivity index (χ2v) is 7.53. The lowest BCUT2D eigenvalue weighted by molar-refractivity contribution is -0.0650. The average molecular weight is 414 g/mol. The van der Waals surface area contributed by atoms with E-state index in [1.165, 1.54) is 23.4 Å². The summed E-state index contributed by atoms with van der Waals surface area (Å²) < 4.78 is 29.7. The summed E-state index contributed by atoms with van der Waals surface area (Å²) in [7, 11) is 0. The summed E-state index contributed by atoms with van der Waals surface area (Å²) in [5.74, 6) is -0.556. The van der Waals surface area contributed by atoms with Crippen LogP contribution >= 0.6 is 0 Å². The predicted molar refractivity (Wildman–Crippen MR) is 108 cm³/mol. The molecule has 30 heavy (non-hydrogen) atoms.